The molecule has 0 aliphatic heterocycles. The van der Waals surface area contributed by atoms with Crippen LogP contribution < -0.4 is 9.30 Å². The lowest BCUT2D eigenvalue weighted by Gasteiger charge is -2.17. The minimum atomic E-state index is 0.706. The lowest BCUT2D eigenvalue weighted by Crippen LogP contribution is -2.31. The summed E-state index contributed by atoms with van der Waals surface area (Å²) in [5.74, 6) is 2.25. The Morgan fingerprint density at radius 2 is 0.905 bits per heavy atom. The van der Waals surface area contributed by atoms with Crippen molar-refractivity contribution in [3.8, 4) is 50.9 Å². The normalized spacial score (nSPS) is 11.8. The smallest absolute Gasteiger partial charge is 0.269 e. The number of aromatic nitrogens is 5. The van der Waals surface area contributed by atoms with E-state index in [2.05, 4.69) is 279 Å². The molecule has 0 atom stereocenters. The maximum Gasteiger partial charge on any atom is 0.269 e. The van der Waals surface area contributed by atoms with Gasteiger partial charge in [0.25, 0.3) is 6.33 Å². The number of nitrogens with zero attached hydrogens (tertiary/aromatic N) is 5. The van der Waals surface area contributed by atoms with Gasteiger partial charge in [0.2, 0.25) is 0 Å². The number of ether oxygens (including phenoxy) is 1. The lowest BCUT2D eigenvalue weighted by molar-refractivity contribution is -0.571. The standard InChI is InChI=1S/C68H43N5O/c1-3-20-45(21-4-1)50-30-18-31-51(46-22-5-2-6-23-46)66(50)71-44-70(63-38-15-16-39-64(63)71)47-24-17-25-48(42-47)74-49-40-41-56-54-28-9-14-37-62(54)73(65(56)43-49)68-58-33-19-32-57-55-29-10-13-36-61(55)72(67(57)58)60-35-12-8-27-53(60)52-26-7-11-34-59(52)69-68/h1-43H. The Balaban J connectivity index is 0.920. The minimum absolute atomic E-state index is 0.706. The third-order valence-electron chi connectivity index (χ3n) is 14.7. The molecule has 11 aromatic carbocycles. The highest BCUT2D eigenvalue weighted by atomic mass is 16.5. The van der Waals surface area contributed by atoms with Gasteiger partial charge in [-0.1, -0.05) is 194 Å². The summed E-state index contributed by atoms with van der Waals surface area (Å²) in [5.41, 5.74) is 14.9. The summed E-state index contributed by atoms with van der Waals surface area (Å²) < 4.78 is 16.1. The van der Waals surface area contributed by atoms with Gasteiger partial charge < -0.3 is 9.14 Å². The van der Waals surface area contributed by atoms with Crippen LogP contribution in [0.2, 0.25) is 0 Å². The molecule has 0 saturated heterocycles. The van der Waals surface area contributed by atoms with E-state index in [0.29, 0.717) is 11.5 Å². The van der Waals surface area contributed by atoms with Gasteiger partial charge in [-0.25, -0.2) is 4.98 Å². The van der Waals surface area contributed by atoms with Crippen molar-refractivity contribution in [2.75, 3.05) is 0 Å². The van der Waals surface area contributed by atoms with Crippen molar-refractivity contribution < 1.29 is 9.30 Å². The average molecular weight is 946 g/mol. The molecular formula is C68H43N5O. The Bertz CT molecular complexity index is 4700. The van der Waals surface area contributed by atoms with Crippen molar-refractivity contribution in [2.45, 2.75) is 0 Å². The number of imidazole rings is 1. The first-order chi connectivity index (χ1) is 36.7. The molecule has 0 radical (unpaired) electrons. The number of hydrogen-bond donors (Lipinski definition) is 0. The fraction of sp³-hybridized carbons (Fsp3) is 0. The van der Waals surface area contributed by atoms with Crippen molar-refractivity contribution in [2.24, 2.45) is 0 Å². The quantitative estimate of drug-likeness (QED) is 0.118. The van der Waals surface area contributed by atoms with Crippen LogP contribution in [-0.2, 0) is 0 Å². The monoisotopic (exact) mass is 945 g/mol. The van der Waals surface area contributed by atoms with E-state index in [1.165, 1.54) is 10.8 Å². The van der Waals surface area contributed by atoms with Gasteiger partial charge in [-0.15, -0.1) is 0 Å². The van der Waals surface area contributed by atoms with Crippen molar-refractivity contribution in [3.63, 3.8) is 0 Å². The Morgan fingerprint density at radius 1 is 0.378 bits per heavy atom. The summed E-state index contributed by atoms with van der Waals surface area (Å²) in [6, 6.07) is 92.3. The average Bonchev–Trinajstić information content (AvgIpc) is 4.18. The van der Waals surface area contributed by atoms with Crippen LogP contribution >= 0.6 is 0 Å². The molecule has 0 saturated carbocycles. The molecule has 6 nitrogen and oxygen atoms in total. The van der Waals surface area contributed by atoms with Crippen LogP contribution in [0, 0.1) is 6.33 Å². The zero-order valence-corrected chi connectivity index (χ0v) is 40.0. The maximum atomic E-state index is 6.97. The van der Waals surface area contributed by atoms with Crippen LogP contribution in [0.25, 0.3) is 121 Å². The van der Waals surface area contributed by atoms with Crippen LogP contribution in [0.4, 0.5) is 0 Å². The Morgan fingerprint density at radius 3 is 1.64 bits per heavy atom. The molecule has 6 heteroatoms. The predicted molar refractivity (Wildman–Crippen MR) is 303 cm³/mol. The van der Waals surface area contributed by atoms with Crippen molar-refractivity contribution in [1.82, 2.24) is 18.5 Å². The maximum absolute atomic E-state index is 6.97. The molecule has 0 bridgehead atoms. The van der Waals surface area contributed by atoms with Gasteiger partial charge in [0.1, 0.15) is 17.3 Å². The van der Waals surface area contributed by atoms with E-state index in [4.69, 9.17) is 9.72 Å². The lowest BCUT2D eigenvalue weighted by atomic mass is 9.95. The molecule has 0 amide bonds. The fourth-order valence-electron chi connectivity index (χ4n) is 11.5. The molecule has 4 aromatic heterocycles. The topological polar surface area (TPSA) is 40.3 Å². The molecule has 0 N–H and O–H groups in total. The first kappa shape index (κ1) is 41.7. The number of hydrogen-bond acceptors (Lipinski definition) is 2. The third kappa shape index (κ3) is 6.52. The molecule has 15 aromatic rings. The molecule has 346 valence electrons. The number of benzene rings is 11. The molecule has 4 heterocycles. The molecular weight excluding hydrogens is 903 g/mol. The van der Waals surface area contributed by atoms with E-state index in [1.807, 2.05) is 6.07 Å². The summed E-state index contributed by atoms with van der Waals surface area (Å²) in [4.78, 5) is 5.76. The van der Waals surface area contributed by atoms with E-state index in [1.54, 1.807) is 0 Å². The largest absolute Gasteiger partial charge is 0.458 e. The second kappa shape index (κ2) is 16.8. The van der Waals surface area contributed by atoms with Gasteiger partial charge >= 0.3 is 0 Å². The minimum Gasteiger partial charge on any atom is -0.458 e. The SMILES string of the molecule is [c-]1n(-c2cccc(Oc3ccc4c5ccccc5n(-c5nc6ccccc6c6ccccc6n6c7ccccc7c7cccc5c76)c4c3)c2)c2ccccc2[n+]1-c1c(-c2ccccc2)cccc1-c1ccccc1. The Kier molecular flexibility index (Phi) is 9.47. The van der Waals surface area contributed by atoms with Crippen molar-refractivity contribution >= 4 is 81.8 Å². The van der Waals surface area contributed by atoms with Gasteiger partial charge in [-0.3, -0.25) is 13.7 Å². The summed E-state index contributed by atoms with van der Waals surface area (Å²) in [6.07, 6.45) is 3.83. The highest BCUT2D eigenvalue weighted by molar-refractivity contribution is 6.19. The third-order valence-corrected chi connectivity index (χ3v) is 14.7. The second-order valence-electron chi connectivity index (χ2n) is 18.8. The van der Waals surface area contributed by atoms with Crippen LogP contribution in [0.1, 0.15) is 0 Å². The van der Waals surface area contributed by atoms with E-state index >= 15 is 0 Å². The van der Waals surface area contributed by atoms with E-state index in [0.717, 1.165) is 111 Å². The summed E-state index contributed by atoms with van der Waals surface area (Å²) in [6.45, 7) is 0. The zero-order valence-electron chi connectivity index (χ0n) is 40.0. The Labute approximate surface area is 425 Å². The van der Waals surface area contributed by atoms with Crippen molar-refractivity contribution in [1.29, 1.82) is 0 Å². The Hall–Kier alpha value is -10.0. The molecule has 74 heavy (non-hydrogen) atoms. The van der Waals surface area contributed by atoms with E-state index in [-0.39, 0.29) is 0 Å². The summed E-state index contributed by atoms with van der Waals surface area (Å²) in [7, 11) is 0. The molecule has 0 spiro atoms. The first-order valence-electron chi connectivity index (χ1n) is 25.0. The van der Waals surface area contributed by atoms with Gasteiger partial charge in [0.05, 0.1) is 55.5 Å². The number of para-hydroxylation sites is 8. The molecule has 15 rings (SSSR count). The van der Waals surface area contributed by atoms with Crippen LogP contribution in [0.5, 0.6) is 11.5 Å². The fourth-order valence-corrected chi connectivity index (χ4v) is 11.5. The van der Waals surface area contributed by atoms with E-state index in [9.17, 15) is 0 Å². The van der Waals surface area contributed by atoms with Gasteiger partial charge in [0, 0.05) is 43.8 Å². The van der Waals surface area contributed by atoms with Gasteiger partial charge in [-0.05, 0) is 82.9 Å². The van der Waals surface area contributed by atoms with Crippen LogP contribution in [0.3, 0.4) is 0 Å². The number of fused-ring (bicyclic) bond motifs is 11. The van der Waals surface area contributed by atoms with E-state index < -0.39 is 0 Å². The van der Waals surface area contributed by atoms with Gasteiger partial charge in [-0.2, -0.15) is 0 Å². The highest BCUT2D eigenvalue weighted by Crippen LogP contribution is 2.41. The predicted octanol–water partition coefficient (Wildman–Crippen LogP) is 16.8. The van der Waals surface area contributed by atoms with Gasteiger partial charge in [0.15, 0.2) is 0 Å². The molecule has 0 fully saturated rings. The van der Waals surface area contributed by atoms with Crippen molar-refractivity contribution in [3.05, 3.63) is 267 Å². The summed E-state index contributed by atoms with van der Waals surface area (Å²) in [5, 5.41) is 7.83. The zero-order chi connectivity index (χ0) is 48.7. The number of rotatable bonds is 7. The molecule has 0 unspecified atom stereocenters. The molecule has 0 aliphatic carbocycles. The summed E-state index contributed by atoms with van der Waals surface area (Å²) >= 11 is 0. The van der Waals surface area contributed by atoms with Crippen LogP contribution in [-0.4, -0.2) is 18.5 Å². The highest BCUT2D eigenvalue weighted by Gasteiger charge is 2.22. The van der Waals surface area contributed by atoms with Crippen LogP contribution in [0.15, 0.2) is 261 Å². The second-order valence-corrected chi connectivity index (χ2v) is 18.8. The molecule has 0 aliphatic rings. The first-order valence-corrected chi connectivity index (χ1v) is 25.0.